The van der Waals surface area contributed by atoms with E-state index >= 15 is 0 Å². The van der Waals surface area contributed by atoms with Crippen LogP contribution in [-0.4, -0.2) is 5.91 Å². The van der Waals surface area contributed by atoms with Crippen LogP contribution in [0.2, 0.25) is 10.0 Å². The average molecular weight is 437 g/mol. The van der Waals surface area contributed by atoms with E-state index in [1.54, 1.807) is 42.5 Å². The van der Waals surface area contributed by atoms with Crippen molar-refractivity contribution in [2.75, 3.05) is 10.2 Å². The van der Waals surface area contributed by atoms with E-state index in [-0.39, 0.29) is 15.7 Å². The molecule has 0 saturated carbocycles. The third-order valence-electron chi connectivity index (χ3n) is 4.65. The zero-order valence-corrected chi connectivity index (χ0v) is 16.2. The summed E-state index contributed by atoms with van der Waals surface area (Å²) in [6.07, 6.45) is -5.38. The van der Waals surface area contributed by atoms with E-state index in [0.717, 1.165) is 12.1 Å². The lowest BCUT2D eigenvalue weighted by Gasteiger charge is -2.38. The number of amides is 1. The molecule has 29 heavy (non-hydrogen) atoms. The van der Waals surface area contributed by atoms with E-state index in [1.165, 1.54) is 17.0 Å². The molecule has 0 radical (unpaired) electrons. The summed E-state index contributed by atoms with van der Waals surface area (Å²) >= 11 is 12.5. The number of para-hydroxylation sites is 1. The Labute approximate surface area is 174 Å². The van der Waals surface area contributed by atoms with E-state index in [0.29, 0.717) is 16.8 Å². The molecule has 0 unspecified atom stereocenters. The second kappa shape index (κ2) is 7.28. The molecule has 3 aromatic carbocycles. The number of fused-ring (bicyclic) bond motifs is 1. The van der Waals surface area contributed by atoms with Gasteiger partial charge in [-0.05, 0) is 36.4 Å². The molecular formula is C21H13Cl2F3N2O. The number of carbonyl (C=O) groups is 1. The Morgan fingerprint density at radius 3 is 2.41 bits per heavy atom. The van der Waals surface area contributed by atoms with Gasteiger partial charge in [-0.25, -0.2) is 0 Å². The highest BCUT2D eigenvalue weighted by Crippen LogP contribution is 2.41. The van der Waals surface area contributed by atoms with Crippen LogP contribution in [0, 0.1) is 0 Å². The fourth-order valence-electron chi connectivity index (χ4n) is 3.30. The normalized spacial score (nSPS) is 16.4. The summed E-state index contributed by atoms with van der Waals surface area (Å²) in [4.78, 5) is 14.5. The third kappa shape index (κ3) is 3.54. The molecule has 1 aliphatic rings. The molecule has 1 aliphatic heterocycles. The molecule has 3 aromatic rings. The summed E-state index contributed by atoms with van der Waals surface area (Å²) in [6.45, 7) is 0. The fourth-order valence-corrected chi connectivity index (χ4v) is 3.71. The minimum absolute atomic E-state index is 0.0906. The van der Waals surface area contributed by atoms with Gasteiger partial charge in [0.15, 0.2) is 0 Å². The van der Waals surface area contributed by atoms with Gasteiger partial charge in [-0.1, -0.05) is 53.5 Å². The van der Waals surface area contributed by atoms with E-state index < -0.39 is 23.8 Å². The smallest absolute Gasteiger partial charge is 0.360 e. The molecule has 8 heteroatoms. The standard InChI is InChI=1S/C21H13Cl2F3N2O/c22-16-9-4-8-15(18(16)23)19-27-17-10-2-1-7-14(17)20(29)28(19)13-6-3-5-12(11-13)21(24,25)26/h1-11,19,27H/t19-/m1/s1. The average Bonchev–Trinajstić information content (AvgIpc) is 2.69. The van der Waals surface area contributed by atoms with E-state index in [1.807, 2.05) is 0 Å². The van der Waals surface area contributed by atoms with Crippen LogP contribution in [-0.2, 0) is 6.18 Å². The maximum absolute atomic E-state index is 13.3. The second-order valence-corrected chi connectivity index (χ2v) is 7.24. The number of hydrogen-bond donors (Lipinski definition) is 1. The first-order chi connectivity index (χ1) is 13.8. The van der Waals surface area contributed by atoms with E-state index in [9.17, 15) is 18.0 Å². The number of nitrogens with zero attached hydrogens (tertiary/aromatic N) is 1. The summed E-state index contributed by atoms with van der Waals surface area (Å²) in [5.41, 5.74) is 0.617. The van der Waals surface area contributed by atoms with Gasteiger partial charge in [-0.2, -0.15) is 13.2 Å². The van der Waals surface area contributed by atoms with Crippen LogP contribution in [0.25, 0.3) is 0 Å². The third-order valence-corrected chi connectivity index (χ3v) is 5.49. The number of nitrogens with one attached hydrogen (secondary N) is 1. The van der Waals surface area contributed by atoms with Gasteiger partial charge < -0.3 is 5.32 Å². The van der Waals surface area contributed by atoms with Crippen molar-refractivity contribution in [2.24, 2.45) is 0 Å². The first-order valence-electron chi connectivity index (χ1n) is 8.57. The van der Waals surface area contributed by atoms with Crippen LogP contribution < -0.4 is 10.2 Å². The first-order valence-corrected chi connectivity index (χ1v) is 9.33. The van der Waals surface area contributed by atoms with Crippen LogP contribution in [0.4, 0.5) is 24.5 Å². The number of benzene rings is 3. The minimum Gasteiger partial charge on any atom is -0.360 e. The number of rotatable bonds is 2. The van der Waals surface area contributed by atoms with Crippen molar-refractivity contribution in [3.8, 4) is 0 Å². The first kappa shape index (κ1) is 19.6. The topological polar surface area (TPSA) is 32.3 Å². The predicted molar refractivity (Wildman–Crippen MR) is 108 cm³/mol. The van der Waals surface area contributed by atoms with Gasteiger partial charge >= 0.3 is 6.18 Å². The number of halogens is 5. The molecule has 1 atom stereocenters. The predicted octanol–water partition coefficient (Wildman–Crippen LogP) is 6.78. The van der Waals surface area contributed by atoms with Crippen molar-refractivity contribution in [2.45, 2.75) is 12.3 Å². The van der Waals surface area contributed by atoms with Crippen molar-refractivity contribution >= 4 is 40.5 Å². The molecule has 1 amide bonds. The molecule has 0 aliphatic carbocycles. The van der Waals surface area contributed by atoms with Crippen molar-refractivity contribution in [1.82, 2.24) is 0 Å². The molecule has 0 saturated heterocycles. The minimum atomic E-state index is -4.54. The van der Waals surface area contributed by atoms with E-state index in [2.05, 4.69) is 5.32 Å². The van der Waals surface area contributed by atoms with Gasteiger partial charge in [0.2, 0.25) is 0 Å². The molecule has 3 nitrogen and oxygen atoms in total. The van der Waals surface area contributed by atoms with Gasteiger partial charge in [0.1, 0.15) is 6.17 Å². The monoisotopic (exact) mass is 436 g/mol. The Morgan fingerprint density at radius 1 is 0.931 bits per heavy atom. The fraction of sp³-hybridized carbons (Fsp3) is 0.0952. The highest BCUT2D eigenvalue weighted by Gasteiger charge is 2.37. The van der Waals surface area contributed by atoms with Crippen LogP contribution >= 0.6 is 23.2 Å². The Bertz CT molecular complexity index is 1100. The maximum Gasteiger partial charge on any atom is 0.416 e. The van der Waals surface area contributed by atoms with Gasteiger partial charge in [-0.15, -0.1) is 0 Å². The van der Waals surface area contributed by atoms with Crippen molar-refractivity contribution in [3.63, 3.8) is 0 Å². The van der Waals surface area contributed by atoms with Crippen molar-refractivity contribution < 1.29 is 18.0 Å². The highest BCUT2D eigenvalue weighted by molar-refractivity contribution is 6.42. The number of alkyl halides is 3. The summed E-state index contributed by atoms with van der Waals surface area (Å²) in [7, 11) is 0. The molecule has 0 bridgehead atoms. The Kier molecular flexibility index (Phi) is 4.92. The maximum atomic E-state index is 13.3. The van der Waals surface area contributed by atoms with Crippen LogP contribution in [0.15, 0.2) is 66.7 Å². The SMILES string of the molecule is O=C1c2ccccc2N[C@@H](c2cccc(Cl)c2Cl)N1c1cccc(C(F)(F)F)c1. The Balaban J connectivity index is 1.91. The number of carbonyl (C=O) groups excluding carboxylic acids is 1. The van der Waals surface area contributed by atoms with E-state index in [4.69, 9.17) is 23.2 Å². The summed E-state index contributed by atoms with van der Waals surface area (Å²) in [6, 6.07) is 16.3. The molecule has 0 aromatic heterocycles. The lowest BCUT2D eigenvalue weighted by atomic mass is 10.0. The van der Waals surface area contributed by atoms with Crippen LogP contribution in [0.1, 0.15) is 27.7 Å². The zero-order chi connectivity index (χ0) is 20.8. The molecule has 0 spiro atoms. The molecular weight excluding hydrogens is 424 g/mol. The lowest BCUT2D eigenvalue weighted by Crippen LogP contribution is -2.43. The van der Waals surface area contributed by atoms with Gasteiger partial charge in [0.25, 0.3) is 5.91 Å². The quantitative estimate of drug-likeness (QED) is 0.479. The second-order valence-electron chi connectivity index (χ2n) is 6.46. The van der Waals surface area contributed by atoms with Crippen molar-refractivity contribution in [1.29, 1.82) is 0 Å². The Morgan fingerprint density at radius 2 is 1.66 bits per heavy atom. The lowest BCUT2D eigenvalue weighted by molar-refractivity contribution is -0.137. The molecule has 148 valence electrons. The van der Waals surface area contributed by atoms with Gasteiger partial charge in [0.05, 0.1) is 21.2 Å². The number of anilines is 2. The molecule has 0 fully saturated rings. The molecule has 1 heterocycles. The number of hydrogen-bond acceptors (Lipinski definition) is 2. The Hall–Kier alpha value is -2.70. The largest absolute Gasteiger partial charge is 0.416 e. The molecule has 4 rings (SSSR count). The summed E-state index contributed by atoms with van der Waals surface area (Å²) < 4.78 is 39.8. The summed E-state index contributed by atoms with van der Waals surface area (Å²) in [5.74, 6) is -0.445. The van der Waals surface area contributed by atoms with Crippen LogP contribution in [0.3, 0.4) is 0 Å². The summed E-state index contributed by atoms with van der Waals surface area (Å²) in [5, 5.41) is 3.70. The van der Waals surface area contributed by atoms with Crippen LogP contribution in [0.5, 0.6) is 0 Å². The van der Waals surface area contributed by atoms with Gasteiger partial charge in [-0.3, -0.25) is 9.69 Å². The van der Waals surface area contributed by atoms with Crippen molar-refractivity contribution in [3.05, 3.63) is 93.5 Å². The highest BCUT2D eigenvalue weighted by atomic mass is 35.5. The zero-order valence-electron chi connectivity index (χ0n) is 14.7. The molecule has 1 N–H and O–H groups in total. The van der Waals surface area contributed by atoms with Gasteiger partial charge in [0, 0.05) is 16.9 Å².